The number of tetrazole rings is 1. The van der Waals surface area contributed by atoms with Crippen LogP contribution in [-0.4, -0.2) is 20.2 Å². The molecule has 0 fully saturated rings. The Morgan fingerprint density at radius 2 is 1.88 bits per heavy atom. The Kier molecular flexibility index (Phi) is 8.34. The maximum atomic E-state index is 4.93. The van der Waals surface area contributed by atoms with Gasteiger partial charge in [0, 0.05) is 0 Å². The van der Waals surface area contributed by atoms with Crippen LogP contribution >= 0.6 is 17.0 Å². The summed E-state index contributed by atoms with van der Waals surface area (Å²) in [7, 11) is 9.87. The molecular formula is C19H20Cl2N4Zr. The average molecular weight is 467 g/mol. The van der Waals surface area contributed by atoms with Gasteiger partial charge in [-0.1, -0.05) is 32.8 Å². The molecule has 1 heterocycles. The number of allylic oxidation sites excluding steroid dienone is 4. The third-order valence-electron chi connectivity index (χ3n) is 4.45. The zero-order valence-corrected chi connectivity index (χ0v) is 19.1. The van der Waals surface area contributed by atoms with Crippen LogP contribution in [0.15, 0.2) is 59.4 Å². The standard InChI is InChI=1S/C10H7N4.C9H13.2ClH.Zr/c1-2-4-9-6-10(5-8(9)3-1)14-7-11-12-13-14;1-6-5-7(2)9(4)8(6)3;;;/h1-7H;6H,1-4H3;2*1H;/q2*-1;;;+4/p-2. The third kappa shape index (κ3) is 5.42. The fourth-order valence-corrected chi connectivity index (χ4v) is 2.71. The predicted octanol–water partition coefficient (Wildman–Crippen LogP) is 5.63. The molecule has 2 aromatic carbocycles. The normalized spacial score (nSPS) is 15.6. The van der Waals surface area contributed by atoms with Crippen molar-refractivity contribution in [1.82, 2.24) is 20.2 Å². The second-order valence-corrected chi connectivity index (χ2v) is 9.70. The Hall–Kier alpha value is -1.16. The van der Waals surface area contributed by atoms with Crippen LogP contribution in [0.4, 0.5) is 0 Å². The van der Waals surface area contributed by atoms with Crippen LogP contribution in [0.25, 0.3) is 16.5 Å². The van der Waals surface area contributed by atoms with E-state index in [9.17, 15) is 0 Å². The quantitative estimate of drug-likeness (QED) is 0.437. The summed E-state index contributed by atoms with van der Waals surface area (Å²) in [5, 5.41) is 13.5. The van der Waals surface area contributed by atoms with Crippen LogP contribution in [0.3, 0.4) is 0 Å². The molecule has 0 bridgehead atoms. The number of hydrogen-bond donors (Lipinski definition) is 0. The van der Waals surface area contributed by atoms with Crippen molar-refractivity contribution < 1.29 is 20.8 Å². The molecule has 0 radical (unpaired) electrons. The van der Waals surface area contributed by atoms with Gasteiger partial charge in [0.25, 0.3) is 0 Å². The number of benzene rings is 1. The first-order valence-electron chi connectivity index (χ1n) is 8.10. The zero-order chi connectivity index (χ0) is 19.1. The molecule has 26 heavy (non-hydrogen) atoms. The van der Waals surface area contributed by atoms with Gasteiger partial charge in [-0.05, 0) is 16.1 Å². The van der Waals surface area contributed by atoms with Crippen LogP contribution in [0.5, 0.6) is 0 Å². The van der Waals surface area contributed by atoms with E-state index in [4.69, 9.17) is 17.0 Å². The van der Waals surface area contributed by atoms with E-state index in [1.807, 2.05) is 12.1 Å². The number of halogens is 2. The number of fused-ring (bicyclic) bond motifs is 1. The summed E-state index contributed by atoms with van der Waals surface area (Å²) in [6.07, 6.45) is 4.95. The van der Waals surface area contributed by atoms with Crippen molar-refractivity contribution in [2.24, 2.45) is 5.92 Å². The summed E-state index contributed by atoms with van der Waals surface area (Å²) in [5.41, 5.74) is 5.24. The van der Waals surface area contributed by atoms with Gasteiger partial charge in [-0.3, -0.25) is 6.08 Å². The van der Waals surface area contributed by atoms with E-state index in [2.05, 4.69) is 73.6 Å². The third-order valence-corrected chi connectivity index (χ3v) is 4.45. The van der Waals surface area contributed by atoms with Gasteiger partial charge < -0.3 is 0 Å². The van der Waals surface area contributed by atoms with Crippen LogP contribution < -0.4 is 0 Å². The number of aromatic nitrogens is 4. The molecule has 1 unspecified atom stereocenters. The zero-order valence-electron chi connectivity index (χ0n) is 15.2. The maximum Gasteiger partial charge on any atom is 0.141 e. The average Bonchev–Trinajstić information content (AvgIpc) is 3.34. The van der Waals surface area contributed by atoms with E-state index in [1.165, 1.54) is 27.5 Å². The van der Waals surface area contributed by atoms with Crippen LogP contribution in [0.2, 0.25) is 0 Å². The number of hydrogen-bond acceptors (Lipinski definition) is 3. The largest absolute Gasteiger partial charge is 0.220 e. The van der Waals surface area contributed by atoms with Gasteiger partial charge in [0.05, 0.1) is 0 Å². The molecule has 7 heteroatoms. The summed E-state index contributed by atoms with van der Waals surface area (Å²) in [5.74, 6) is 0.560. The van der Waals surface area contributed by atoms with E-state index < -0.39 is 20.8 Å². The van der Waals surface area contributed by atoms with Crippen molar-refractivity contribution in [3.05, 3.63) is 65.5 Å². The van der Waals surface area contributed by atoms with Gasteiger partial charge in [0.2, 0.25) is 0 Å². The van der Waals surface area contributed by atoms with Gasteiger partial charge in [-0.15, -0.1) is 53.1 Å². The SMILES string of the molecule is CC1=[C-]C(C)C(C)=C1C.[Cl][Zr+2][Cl].c1ccc2[cH-]c(-n3cnnn3)cc2c1. The molecule has 4 nitrogen and oxygen atoms in total. The van der Waals surface area contributed by atoms with Gasteiger partial charge in [-0.25, -0.2) is 10.3 Å². The summed E-state index contributed by atoms with van der Waals surface area (Å²) < 4.78 is 1.65. The Morgan fingerprint density at radius 3 is 2.35 bits per heavy atom. The molecule has 1 aliphatic carbocycles. The second kappa shape index (κ2) is 10.2. The first-order chi connectivity index (χ1) is 12.5. The van der Waals surface area contributed by atoms with Gasteiger partial charge in [0.1, 0.15) is 6.33 Å². The molecule has 1 aromatic heterocycles. The minimum Gasteiger partial charge on any atom is -0.220 e. The van der Waals surface area contributed by atoms with Crippen molar-refractivity contribution in [3.8, 4) is 5.69 Å². The monoisotopic (exact) mass is 464 g/mol. The molecule has 1 atom stereocenters. The van der Waals surface area contributed by atoms with Crippen LogP contribution in [-0.2, 0) is 20.8 Å². The summed E-state index contributed by atoms with van der Waals surface area (Å²) in [4.78, 5) is 0. The molecule has 0 saturated carbocycles. The molecule has 0 saturated heterocycles. The van der Waals surface area contributed by atoms with Crippen LogP contribution in [0.1, 0.15) is 27.7 Å². The number of rotatable bonds is 1. The molecule has 4 rings (SSSR count). The Morgan fingerprint density at radius 1 is 1.19 bits per heavy atom. The molecule has 3 aromatic rings. The smallest absolute Gasteiger partial charge is 0.141 e. The van der Waals surface area contributed by atoms with E-state index in [1.54, 1.807) is 11.0 Å². The van der Waals surface area contributed by atoms with E-state index in [0.29, 0.717) is 5.92 Å². The Labute approximate surface area is 172 Å². The summed E-state index contributed by atoms with van der Waals surface area (Å²) in [6.45, 7) is 8.67. The van der Waals surface area contributed by atoms with Crippen molar-refractivity contribution in [2.75, 3.05) is 0 Å². The maximum absolute atomic E-state index is 4.93. The van der Waals surface area contributed by atoms with E-state index in [-0.39, 0.29) is 0 Å². The van der Waals surface area contributed by atoms with Crippen molar-refractivity contribution >= 4 is 27.8 Å². The Bertz CT molecular complexity index is 864. The number of nitrogens with zero attached hydrogens (tertiary/aromatic N) is 4. The fourth-order valence-electron chi connectivity index (χ4n) is 2.71. The first kappa shape index (κ1) is 21.1. The molecule has 0 aliphatic heterocycles. The van der Waals surface area contributed by atoms with Crippen molar-refractivity contribution in [2.45, 2.75) is 27.7 Å². The Balaban J connectivity index is 0.000000175. The van der Waals surface area contributed by atoms with E-state index >= 15 is 0 Å². The molecule has 134 valence electrons. The molecule has 0 spiro atoms. The van der Waals surface area contributed by atoms with E-state index in [0.717, 1.165) is 5.69 Å². The van der Waals surface area contributed by atoms with Gasteiger partial charge in [0.15, 0.2) is 0 Å². The van der Waals surface area contributed by atoms with Crippen LogP contribution in [0, 0.1) is 12.0 Å². The molecule has 0 N–H and O–H groups in total. The predicted molar refractivity (Wildman–Crippen MR) is 104 cm³/mol. The fraction of sp³-hybridized carbons (Fsp3) is 0.263. The van der Waals surface area contributed by atoms with Crippen molar-refractivity contribution in [1.29, 1.82) is 0 Å². The molecule has 0 amide bonds. The summed E-state index contributed by atoms with van der Waals surface area (Å²) >= 11 is -0.826. The summed E-state index contributed by atoms with van der Waals surface area (Å²) in [6, 6.07) is 12.3. The topological polar surface area (TPSA) is 43.6 Å². The van der Waals surface area contributed by atoms with Gasteiger partial charge in [-0.2, -0.15) is 11.1 Å². The minimum absolute atomic E-state index is 0.560. The molecule has 1 aliphatic rings. The molecular weight excluding hydrogens is 446 g/mol. The second-order valence-electron chi connectivity index (χ2n) is 5.97. The minimum atomic E-state index is -0.826. The van der Waals surface area contributed by atoms with Crippen molar-refractivity contribution in [3.63, 3.8) is 0 Å². The van der Waals surface area contributed by atoms with Gasteiger partial charge >= 0.3 is 37.9 Å². The first-order valence-corrected chi connectivity index (χ1v) is 14.4.